The Kier molecular flexibility index (Phi) is 4.22. The van der Waals surface area contributed by atoms with Crippen molar-refractivity contribution in [2.45, 2.75) is 31.7 Å². The fourth-order valence-corrected chi connectivity index (χ4v) is 3.13. The number of hydrogen-bond donors (Lipinski definition) is 0. The number of alkyl halides is 3. The Hall–Kier alpha value is -1.30. The molecule has 0 aliphatic carbocycles. The van der Waals surface area contributed by atoms with E-state index in [9.17, 15) is 18.0 Å². The normalized spacial score (nSPS) is 19.6. The van der Waals surface area contributed by atoms with Gasteiger partial charge >= 0.3 is 6.18 Å². The van der Waals surface area contributed by atoms with Crippen molar-refractivity contribution in [2.75, 3.05) is 0 Å². The summed E-state index contributed by atoms with van der Waals surface area (Å²) in [6.07, 6.45) is -4.34. The van der Waals surface area contributed by atoms with Gasteiger partial charge in [0.2, 0.25) is 0 Å². The van der Waals surface area contributed by atoms with Gasteiger partial charge in [0, 0.05) is 6.42 Å². The van der Waals surface area contributed by atoms with E-state index >= 15 is 0 Å². The minimum absolute atomic E-state index is 0.0509. The summed E-state index contributed by atoms with van der Waals surface area (Å²) in [4.78, 5) is 15.6. The lowest BCUT2D eigenvalue weighted by Crippen LogP contribution is -2.17. The molecule has 108 valence electrons. The minimum atomic E-state index is -4.39. The molecule has 0 fully saturated rings. The maximum absolute atomic E-state index is 12.9. The molecule has 1 atom stereocenters. The highest BCUT2D eigenvalue weighted by atomic mass is 32.2. The van der Waals surface area contributed by atoms with Gasteiger partial charge in [-0.25, -0.2) is 4.99 Å². The summed E-state index contributed by atoms with van der Waals surface area (Å²) in [5, 5.41) is 0.188. The first kappa shape index (κ1) is 15.1. The van der Waals surface area contributed by atoms with Crippen molar-refractivity contribution in [3.05, 3.63) is 35.4 Å². The van der Waals surface area contributed by atoms with Gasteiger partial charge in [-0.15, -0.1) is 0 Å². The summed E-state index contributed by atoms with van der Waals surface area (Å²) in [6.45, 7) is 3.80. The van der Waals surface area contributed by atoms with Crippen molar-refractivity contribution in [2.24, 2.45) is 10.9 Å². The highest BCUT2D eigenvalue weighted by Crippen LogP contribution is 2.35. The van der Waals surface area contributed by atoms with Crippen LogP contribution in [-0.4, -0.2) is 16.2 Å². The number of rotatable bonds is 3. The Balaban J connectivity index is 2.21. The van der Waals surface area contributed by atoms with Gasteiger partial charge in [0.1, 0.15) is 0 Å². The molecule has 0 aromatic heterocycles. The SMILES string of the molecule is CC(C)C1SC(Cc2ccccc2C(F)(F)F)=NC1=O. The van der Waals surface area contributed by atoms with Crippen LogP contribution in [0, 0.1) is 5.92 Å². The lowest BCUT2D eigenvalue weighted by atomic mass is 10.0. The lowest BCUT2D eigenvalue weighted by molar-refractivity contribution is -0.138. The van der Waals surface area contributed by atoms with Crippen molar-refractivity contribution < 1.29 is 18.0 Å². The molecule has 0 bridgehead atoms. The van der Waals surface area contributed by atoms with Gasteiger partial charge in [-0.1, -0.05) is 43.8 Å². The van der Waals surface area contributed by atoms with Crippen molar-refractivity contribution in [1.29, 1.82) is 0 Å². The van der Waals surface area contributed by atoms with E-state index in [0.717, 1.165) is 6.07 Å². The zero-order chi connectivity index (χ0) is 14.9. The Bertz CT molecular complexity index is 552. The summed E-state index contributed by atoms with van der Waals surface area (Å²) in [6, 6.07) is 5.40. The van der Waals surface area contributed by atoms with Crippen molar-refractivity contribution in [3.8, 4) is 0 Å². The summed E-state index contributed by atoms with van der Waals surface area (Å²) < 4.78 is 38.7. The van der Waals surface area contributed by atoms with Crippen molar-refractivity contribution in [3.63, 3.8) is 0 Å². The van der Waals surface area contributed by atoms with Gasteiger partial charge < -0.3 is 0 Å². The summed E-state index contributed by atoms with van der Waals surface area (Å²) >= 11 is 1.27. The largest absolute Gasteiger partial charge is 0.416 e. The second kappa shape index (κ2) is 5.60. The van der Waals surface area contributed by atoms with Gasteiger partial charge in [0.15, 0.2) is 0 Å². The number of hydrogen-bond acceptors (Lipinski definition) is 2. The van der Waals surface area contributed by atoms with E-state index in [-0.39, 0.29) is 29.1 Å². The number of thioether (sulfide) groups is 1. The standard InChI is InChI=1S/C14H14F3NOS/c1-8(2)12-13(19)18-11(20-12)7-9-5-3-4-6-10(9)14(15,16)17/h3-6,8,12H,7H2,1-2H3. The molecule has 1 aliphatic heterocycles. The molecular weight excluding hydrogens is 287 g/mol. The smallest absolute Gasteiger partial charge is 0.271 e. The van der Waals surface area contributed by atoms with E-state index in [0.29, 0.717) is 5.04 Å². The fraction of sp³-hybridized carbons (Fsp3) is 0.429. The topological polar surface area (TPSA) is 29.4 Å². The number of benzene rings is 1. The first-order valence-electron chi connectivity index (χ1n) is 6.22. The monoisotopic (exact) mass is 301 g/mol. The average molecular weight is 301 g/mol. The van der Waals surface area contributed by atoms with E-state index in [2.05, 4.69) is 4.99 Å². The summed E-state index contributed by atoms with van der Waals surface area (Å²) in [7, 11) is 0. The van der Waals surface area contributed by atoms with E-state index in [1.807, 2.05) is 13.8 Å². The molecule has 1 amide bonds. The van der Waals surface area contributed by atoms with Crippen LogP contribution in [0.25, 0.3) is 0 Å². The Morgan fingerprint density at radius 2 is 1.95 bits per heavy atom. The molecule has 0 spiro atoms. The van der Waals surface area contributed by atoms with Gasteiger partial charge in [-0.05, 0) is 17.5 Å². The Morgan fingerprint density at radius 1 is 1.30 bits per heavy atom. The van der Waals surface area contributed by atoms with Crippen LogP contribution in [0.3, 0.4) is 0 Å². The third kappa shape index (κ3) is 3.23. The number of carbonyl (C=O) groups is 1. The molecule has 1 heterocycles. The first-order chi connectivity index (χ1) is 9.29. The minimum Gasteiger partial charge on any atom is -0.271 e. The third-order valence-corrected chi connectivity index (χ3v) is 4.52. The second-order valence-electron chi connectivity index (χ2n) is 4.96. The molecule has 2 rings (SSSR count). The highest BCUT2D eigenvalue weighted by molar-refractivity contribution is 8.15. The number of aliphatic imine (C=N–C) groups is 1. The molecule has 1 aromatic rings. The maximum Gasteiger partial charge on any atom is 0.416 e. The molecule has 0 N–H and O–H groups in total. The first-order valence-corrected chi connectivity index (χ1v) is 7.10. The molecule has 1 unspecified atom stereocenters. The molecule has 0 saturated heterocycles. The Morgan fingerprint density at radius 3 is 2.50 bits per heavy atom. The van der Waals surface area contributed by atoms with Crippen LogP contribution in [0.15, 0.2) is 29.3 Å². The second-order valence-corrected chi connectivity index (χ2v) is 6.17. The number of carbonyl (C=O) groups excluding carboxylic acids is 1. The predicted octanol–water partition coefficient (Wildman–Crippen LogP) is 3.94. The number of amides is 1. The number of halogens is 3. The number of nitrogens with zero attached hydrogens (tertiary/aromatic N) is 1. The van der Waals surface area contributed by atoms with Gasteiger partial charge in [0.25, 0.3) is 5.91 Å². The fourth-order valence-electron chi connectivity index (χ4n) is 2.03. The molecule has 2 nitrogen and oxygen atoms in total. The van der Waals surface area contributed by atoms with E-state index in [1.165, 1.54) is 23.9 Å². The van der Waals surface area contributed by atoms with Crippen LogP contribution in [0.5, 0.6) is 0 Å². The van der Waals surface area contributed by atoms with Crippen molar-refractivity contribution >= 4 is 22.7 Å². The van der Waals surface area contributed by atoms with Gasteiger partial charge in [-0.2, -0.15) is 13.2 Å². The van der Waals surface area contributed by atoms with Crippen LogP contribution in [0.2, 0.25) is 0 Å². The van der Waals surface area contributed by atoms with E-state index < -0.39 is 11.7 Å². The third-order valence-electron chi connectivity index (χ3n) is 3.01. The maximum atomic E-state index is 12.9. The zero-order valence-electron chi connectivity index (χ0n) is 11.1. The molecular formula is C14H14F3NOS. The van der Waals surface area contributed by atoms with Gasteiger partial charge in [-0.3, -0.25) is 4.79 Å². The van der Waals surface area contributed by atoms with Crippen LogP contribution in [0.1, 0.15) is 25.0 Å². The Labute approximate surface area is 119 Å². The van der Waals surface area contributed by atoms with Crippen molar-refractivity contribution in [1.82, 2.24) is 0 Å². The molecule has 6 heteroatoms. The summed E-state index contributed by atoms with van der Waals surface area (Å²) in [5.74, 6) is -0.129. The molecule has 1 aliphatic rings. The molecule has 0 radical (unpaired) electrons. The van der Waals surface area contributed by atoms with Crippen LogP contribution >= 0.6 is 11.8 Å². The van der Waals surface area contributed by atoms with Crippen LogP contribution < -0.4 is 0 Å². The lowest BCUT2D eigenvalue weighted by Gasteiger charge is -2.13. The van der Waals surface area contributed by atoms with Crippen LogP contribution in [0.4, 0.5) is 13.2 Å². The highest BCUT2D eigenvalue weighted by Gasteiger charge is 2.35. The van der Waals surface area contributed by atoms with Crippen LogP contribution in [-0.2, 0) is 17.4 Å². The average Bonchev–Trinajstić information content (AvgIpc) is 2.69. The summed E-state index contributed by atoms with van der Waals surface area (Å²) in [5.41, 5.74) is -0.507. The van der Waals surface area contributed by atoms with Gasteiger partial charge in [0.05, 0.1) is 15.9 Å². The molecule has 1 aromatic carbocycles. The molecule has 20 heavy (non-hydrogen) atoms. The molecule has 0 saturated carbocycles. The predicted molar refractivity (Wildman–Crippen MR) is 73.8 cm³/mol. The quantitative estimate of drug-likeness (QED) is 0.846. The van der Waals surface area contributed by atoms with E-state index in [4.69, 9.17) is 0 Å². The van der Waals surface area contributed by atoms with E-state index in [1.54, 1.807) is 6.07 Å². The zero-order valence-corrected chi connectivity index (χ0v) is 11.9.